The van der Waals surface area contributed by atoms with Crippen LogP contribution in [0.5, 0.6) is 5.75 Å². The number of methoxy groups -OCH3 is 1. The van der Waals surface area contributed by atoms with E-state index >= 15 is 0 Å². The van der Waals surface area contributed by atoms with Crippen molar-refractivity contribution in [1.82, 2.24) is 0 Å². The molecule has 3 heteroatoms. The fraction of sp³-hybridized carbons (Fsp3) is 0.538. The van der Waals surface area contributed by atoms with E-state index in [0.29, 0.717) is 0 Å². The Bertz CT molecular complexity index is 313. The molecule has 1 unspecified atom stereocenters. The summed E-state index contributed by atoms with van der Waals surface area (Å²) in [5.41, 5.74) is 1.09. The first-order chi connectivity index (χ1) is 7.65. The van der Waals surface area contributed by atoms with Gasteiger partial charge in [-0.05, 0) is 31.9 Å². The van der Waals surface area contributed by atoms with Crippen LogP contribution in [0.2, 0.25) is 0 Å². The van der Waals surface area contributed by atoms with Gasteiger partial charge in [-0.1, -0.05) is 12.1 Å². The highest BCUT2D eigenvalue weighted by Crippen LogP contribution is 2.26. The predicted molar refractivity (Wildman–Crippen MR) is 67.2 cm³/mol. The van der Waals surface area contributed by atoms with Crippen molar-refractivity contribution in [1.29, 1.82) is 0 Å². The van der Waals surface area contributed by atoms with Crippen molar-refractivity contribution in [2.75, 3.05) is 25.6 Å². The predicted octanol–water partition coefficient (Wildman–Crippen LogP) is 2.29. The van der Waals surface area contributed by atoms with E-state index in [1.165, 1.54) is 0 Å². The fourth-order valence-corrected chi connectivity index (χ4v) is 1.69. The minimum absolute atomic E-state index is 0.217. The normalized spacial score (nSPS) is 12.2. The van der Waals surface area contributed by atoms with Crippen LogP contribution in [0.25, 0.3) is 0 Å². The number of nitrogens with zero attached hydrogens (tertiary/aromatic N) is 1. The van der Waals surface area contributed by atoms with Gasteiger partial charge in [-0.25, -0.2) is 0 Å². The molecule has 0 aliphatic heterocycles. The van der Waals surface area contributed by atoms with Gasteiger partial charge in [0.05, 0.1) is 18.9 Å². The smallest absolute Gasteiger partial charge is 0.142 e. The van der Waals surface area contributed by atoms with Gasteiger partial charge in [-0.15, -0.1) is 0 Å². The highest BCUT2D eigenvalue weighted by atomic mass is 16.5. The first-order valence-corrected chi connectivity index (χ1v) is 5.67. The Kier molecular flexibility index (Phi) is 5.12. The highest BCUT2D eigenvalue weighted by molar-refractivity contribution is 5.57. The Hall–Kier alpha value is -1.22. The van der Waals surface area contributed by atoms with Crippen LogP contribution in [-0.4, -0.2) is 31.9 Å². The number of aliphatic hydroxyl groups is 1. The molecule has 1 aromatic carbocycles. The molecule has 0 spiro atoms. The molecule has 1 N–H and O–H groups in total. The van der Waals surface area contributed by atoms with E-state index in [1.54, 1.807) is 7.11 Å². The maximum Gasteiger partial charge on any atom is 0.142 e. The second-order valence-corrected chi connectivity index (χ2v) is 4.08. The number of benzene rings is 1. The van der Waals surface area contributed by atoms with E-state index in [2.05, 4.69) is 4.90 Å². The Labute approximate surface area is 97.7 Å². The summed E-state index contributed by atoms with van der Waals surface area (Å²) >= 11 is 0. The summed E-state index contributed by atoms with van der Waals surface area (Å²) in [6, 6.07) is 7.97. The summed E-state index contributed by atoms with van der Waals surface area (Å²) < 4.78 is 5.30. The maximum absolute atomic E-state index is 9.19. The third-order valence-corrected chi connectivity index (χ3v) is 2.61. The maximum atomic E-state index is 9.19. The molecular weight excluding hydrogens is 202 g/mol. The molecular formula is C13H21NO2. The number of ether oxygens (including phenoxy) is 1. The lowest BCUT2D eigenvalue weighted by Crippen LogP contribution is -2.20. The monoisotopic (exact) mass is 223 g/mol. The van der Waals surface area contributed by atoms with Crippen molar-refractivity contribution in [3.63, 3.8) is 0 Å². The van der Waals surface area contributed by atoms with Gasteiger partial charge in [0.15, 0.2) is 0 Å². The van der Waals surface area contributed by atoms with Crippen LogP contribution in [0.1, 0.15) is 19.8 Å². The molecule has 0 radical (unpaired) electrons. The highest BCUT2D eigenvalue weighted by Gasteiger charge is 2.07. The Balaban J connectivity index is 2.55. The topological polar surface area (TPSA) is 32.7 Å². The molecule has 0 fully saturated rings. The third kappa shape index (κ3) is 3.74. The van der Waals surface area contributed by atoms with Crippen LogP contribution < -0.4 is 9.64 Å². The van der Waals surface area contributed by atoms with E-state index in [4.69, 9.17) is 4.74 Å². The minimum Gasteiger partial charge on any atom is -0.495 e. The number of hydrogen-bond donors (Lipinski definition) is 1. The van der Waals surface area contributed by atoms with Gasteiger partial charge in [0.1, 0.15) is 5.75 Å². The standard InChI is InChI=1S/C13H21NO2/c1-11(15)7-6-10-14(2)12-8-4-5-9-13(12)16-3/h4-5,8-9,11,15H,6-7,10H2,1-3H3. The van der Waals surface area contributed by atoms with Crippen molar-refractivity contribution in [3.8, 4) is 5.75 Å². The van der Waals surface area contributed by atoms with Crippen molar-refractivity contribution in [3.05, 3.63) is 24.3 Å². The van der Waals surface area contributed by atoms with E-state index in [1.807, 2.05) is 38.2 Å². The van der Waals surface area contributed by atoms with Crippen LogP contribution in [0.4, 0.5) is 5.69 Å². The van der Waals surface area contributed by atoms with Crippen molar-refractivity contribution in [2.24, 2.45) is 0 Å². The summed E-state index contributed by atoms with van der Waals surface area (Å²) in [4.78, 5) is 2.15. The Morgan fingerprint density at radius 1 is 1.38 bits per heavy atom. The molecule has 1 atom stereocenters. The molecule has 0 amide bonds. The van der Waals surface area contributed by atoms with Crippen LogP contribution in [0.3, 0.4) is 0 Å². The van der Waals surface area contributed by atoms with E-state index < -0.39 is 0 Å². The molecule has 90 valence electrons. The SMILES string of the molecule is COc1ccccc1N(C)CCCC(C)O. The van der Waals surface area contributed by atoms with Crippen molar-refractivity contribution in [2.45, 2.75) is 25.9 Å². The van der Waals surface area contributed by atoms with E-state index in [0.717, 1.165) is 30.8 Å². The zero-order valence-corrected chi connectivity index (χ0v) is 10.3. The number of aliphatic hydroxyl groups excluding tert-OH is 1. The molecule has 0 saturated heterocycles. The number of rotatable bonds is 6. The van der Waals surface area contributed by atoms with E-state index in [-0.39, 0.29) is 6.10 Å². The number of anilines is 1. The lowest BCUT2D eigenvalue weighted by atomic mass is 10.2. The summed E-state index contributed by atoms with van der Waals surface area (Å²) in [7, 11) is 3.72. The first kappa shape index (κ1) is 12.8. The van der Waals surface area contributed by atoms with Crippen LogP contribution in [-0.2, 0) is 0 Å². The molecule has 16 heavy (non-hydrogen) atoms. The van der Waals surface area contributed by atoms with Crippen molar-refractivity contribution >= 4 is 5.69 Å². The van der Waals surface area contributed by atoms with E-state index in [9.17, 15) is 5.11 Å². The molecule has 0 aliphatic rings. The lowest BCUT2D eigenvalue weighted by Gasteiger charge is -2.21. The van der Waals surface area contributed by atoms with Crippen molar-refractivity contribution < 1.29 is 9.84 Å². The summed E-state index contributed by atoms with van der Waals surface area (Å²) in [6.07, 6.45) is 1.59. The van der Waals surface area contributed by atoms with Gasteiger partial charge in [0.25, 0.3) is 0 Å². The second kappa shape index (κ2) is 6.38. The van der Waals surface area contributed by atoms with Gasteiger partial charge in [0.2, 0.25) is 0 Å². The molecule has 1 aromatic rings. The van der Waals surface area contributed by atoms with Crippen LogP contribution >= 0.6 is 0 Å². The fourth-order valence-electron chi connectivity index (χ4n) is 1.69. The van der Waals surface area contributed by atoms with Gasteiger partial charge >= 0.3 is 0 Å². The Morgan fingerprint density at radius 3 is 2.69 bits per heavy atom. The molecule has 0 aromatic heterocycles. The summed E-state index contributed by atoms with van der Waals surface area (Å²) in [6.45, 7) is 2.74. The molecule has 0 aliphatic carbocycles. The lowest BCUT2D eigenvalue weighted by molar-refractivity contribution is 0.182. The van der Waals surface area contributed by atoms with Crippen LogP contribution in [0, 0.1) is 0 Å². The van der Waals surface area contributed by atoms with Gasteiger partial charge in [-0.3, -0.25) is 0 Å². The average Bonchev–Trinajstić information content (AvgIpc) is 2.28. The minimum atomic E-state index is -0.217. The quantitative estimate of drug-likeness (QED) is 0.803. The number of hydrogen-bond acceptors (Lipinski definition) is 3. The molecule has 3 nitrogen and oxygen atoms in total. The molecule has 0 bridgehead atoms. The van der Waals surface area contributed by atoms with Gasteiger partial charge < -0.3 is 14.7 Å². The van der Waals surface area contributed by atoms with Gasteiger partial charge in [-0.2, -0.15) is 0 Å². The summed E-state index contributed by atoms with van der Waals surface area (Å²) in [5, 5.41) is 9.19. The zero-order valence-electron chi connectivity index (χ0n) is 10.3. The molecule has 0 heterocycles. The molecule has 0 saturated carbocycles. The summed E-state index contributed by atoms with van der Waals surface area (Å²) in [5.74, 6) is 0.891. The Morgan fingerprint density at radius 2 is 2.06 bits per heavy atom. The molecule has 1 rings (SSSR count). The largest absolute Gasteiger partial charge is 0.495 e. The van der Waals surface area contributed by atoms with Gasteiger partial charge in [0, 0.05) is 13.6 Å². The third-order valence-electron chi connectivity index (χ3n) is 2.61. The second-order valence-electron chi connectivity index (χ2n) is 4.08. The number of para-hydroxylation sites is 2. The first-order valence-electron chi connectivity index (χ1n) is 5.67. The average molecular weight is 223 g/mol. The van der Waals surface area contributed by atoms with Crippen LogP contribution in [0.15, 0.2) is 24.3 Å². The zero-order chi connectivity index (χ0) is 12.0.